The SMILES string of the molecule is C=CCOc1ccc(C2C(=C(O)c3ccc(F)cc3)C(=O)C(=O)N2Cc2ccccc2)cc1OCC. The van der Waals surface area contributed by atoms with Gasteiger partial charge in [0, 0.05) is 12.1 Å². The van der Waals surface area contributed by atoms with Gasteiger partial charge >= 0.3 is 0 Å². The van der Waals surface area contributed by atoms with Crippen LogP contribution in [0.2, 0.25) is 0 Å². The molecule has 1 aliphatic rings. The summed E-state index contributed by atoms with van der Waals surface area (Å²) in [5.41, 5.74) is 1.53. The van der Waals surface area contributed by atoms with Gasteiger partial charge in [0.1, 0.15) is 18.2 Å². The first kappa shape index (κ1) is 24.7. The van der Waals surface area contributed by atoms with Crippen molar-refractivity contribution in [2.24, 2.45) is 0 Å². The summed E-state index contributed by atoms with van der Waals surface area (Å²) in [6.45, 7) is 6.28. The van der Waals surface area contributed by atoms with Gasteiger partial charge in [0.15, 0.2) is 11.5 Å². The number of aliphatic hydroxyl groups is 1. The highest BCUT2D eigenvalue weighted by atomic mass is 19.1. The van der Waals surface area contributed by atoms with Gasteiger partial charge in [-0.2, -0.15) is 0 Å². The number of halogens is 1. The molecule has 0 spiro atoms. The zero-order valence-corrected chi connectivity index (χ0v) is 19.8. The lowest BCUT2D eigenvalue weighted by Crippen LogP contribution is -2.29. The van der Waals surface area contributed by atoms with E-state index in [1.54, 1.807) is 24.3 Å². The smallest absolute Gasteiger partial charge is 0.295 e. The summed E-state index contributed by atoms with van der Waals surface area (Å²) >= 11 is 0. The number of carbonyl (C=O) groups is 2. The van der Waals surface area contributed by atoms with Gasteiger partial charge in [0.05, 0.1) is 18.2 Å². The van der Waals surface area contributed by atoms with E-state index >= 15 is 0 Å². The highest BCUT2D eigenvalue weighted by molar-refractivity contribution is 6.46. The quantitative estimate of drug-likeness (QED) is 0.189. The van der Waals surface area contributed by atoms with Gasteiger partial charge in [-0.15, -0.1) is 0 Å². The lowest BCUT2D eigenvalue weighted by Gasteiger charge is -2.26. The van der Waals surface area contributed by atoms with Crippen molar-refractivity contribution in [1.82, 2.24) is 4.90 Å². The number of amides is 1. The maximum absolute atomic E-state index is 13.5. The first-order chi connectivity index (χ1) is 17.4. The van der Waals surface area contributed by atoms with Crippen LogP contribution in [-0.4, -0.2) is 34.9 Å². The predicted octanol–water partition coefficient (Wildman–Crippen LogP) is 5.41. The summed E-state index contributed by atoms with van der Waals surface area (Å²) in [5, 5.41) is 11.1. The molecule has 7 heteroatoms. The molecular weight excluding hydrogens is 461 g/mol. The number of carbonyl (C=O) groups excluding carboxylic acids is 2. The fourth-order valence-corrected chi connectivity index (χ4v) is 4.16. The molecule has 0 bridgehead atoms. The van der Waals surface area contributed by atoms with Crippen LogP contribution in [0.4, 0.5) is 4.39 Å². The minimum Gasteiger partial charge on any atom is -0.507 e. The highest BCUT2D eigenvalue weighted by Crippen LogP contribution is 2.42. The molecule has 3 aromatic carbocycles. The van der Waals surface area contributed by atoms with Crippen LogP contribution in [0.25, 0.3) is 5.76 Å². The average molecular weight is 488 g/mol. The third-order valence-corrected chi connectivity index (χ3v) is 5.79. The van der Waals surface area contributed by atoms with E-state index in [9.17, 15) is 19.1 Å². The standard InChI is InChI=1S/C29H26FNO5/c1-3-16-36-23-15-12-21(17-24(23)35-4-2)26-25(27(32)20-10-13-22(30)14-11-20)28(33)29(34)31(26)18-19-8-6-5-7-9-19/h3,5-15,17,26,32H,1,4,16,18H2,2H3. The number of aliphatic hydroxyl groups excluding tert-OH is 1. The molecule has 1 fully saturated rings. The number of hydrogen-bond acceptors (Lipinski definition) is 5. The number of nitrogens with zero attached hydrogens (tertiary/aromatic N) is 1. The maximum Gasteiger partial charge on any atom is 0.295 e. The Morgan fingerprint density at radius 3 is 2.42 bits per heavy atom. The third-order valence-electron chi connectivity index (χ3n) is 5.79. The largest absolute Gasteiger partial charge is 0.507 e. The number of hydrogen-bond donors (Lipinski definition) is 1. The Morgan fingerprint density at radius 1 is 1.03 bits per heavy atom. The molecule has 1 unspecified atom stereocenters. The van der Waals surface area contributed by atoms with E-state index in [4.69, 9.17) is 9.47 Å². The lowest BCUT2D eigenvalue weighted by atomic mass is 9.94. The van der Waals surface area contributed by atoms with Crippen LogP contribution in [0.15, 0.2) is 91.0 Å². The Balaban J connectivity index is 1.87. The summed E-state index contributed by atoms with van der Waals surface area (Å²) in [7, 11) is 0. The molecule has 0 radical (unpaired) electrons. The molecular formula is C29H26FNO5. The fourth-order valence-electron chi connectivity index (χ4n) is 4.16. The van der Waals surface area contributed by atoms with Crippen molar-refractivity contribution in [2.75, 3.05) is 13.2 Å². The molecule has 1 heterocycles. The van der Waals surface area contributed by atoms with E-state index in [0.717, 1.165) is 5.56 Å². The van der Waals surface area contributed by atoms with E-state index < -0.39 is 23.5 Å². The molecule has 1 atom stereocenters. The number of likely N-dealkylation sites (tertiary alicyclic amines) is 1. The van der Waals surface area contributed by atoms with E-state index in [0.29, 0.717) is 23.7 Å². The number of ether oxygens (including phenoxy) is 2. The Hall–Kier alpha value is -4.39. The van der Waals surface area contributed by atoms with Crippen molar-refractivity contribution in [3.8, 4) is 11.5 Å². The van der Waals surface area contributed by atoms with Crippen molar-refractivity contribution in [2.45, 2.75) is 19.5 Å². The van der Waals surface area contributed by atoms with Gasteiger partial charge in [0.25, 0.3) is 11.7 Å². The summed E-state index contributed by atoms with van der Waals surface area (Å²) in [4.78, 5) is 27.9. The van der Waals surface area contributed by atoms with E-state index in [-0.39, 0.29) is 30.0 Å². The Kier molecular flexibility index (Phi) is 7.49. The average Bonchev–Trinajstić information content (AvgIpc) is 3.13. The summed E-state index contributed by atoms with van der Waals surface area (Å²) in [6.07, 6.45) is 1.61. The molecule has 6 nitrogen and oxygen atoms in total. The summed E-state index contributed by atoms with van der Waals surface area (Å²) < 4.78 is 25.0. The highest BCUT2D eigenvalue weighted by Gasteiger charge is 2.46. The van der Waals surface area contributed by atoms with Crippen molar-refractivity contribution in [3.63, 3.8) is 0 Å². The lowest BCUT2D eigenvalue weighted by molar-refractivity contribution is -0.140. The zero-order valence-electron chi connectivity index (χ0n) is 19.8. The van der Waals surface area contributed by atoms with Crippen LogP contribution in [0, 0.1) is 5.82 Å². The van der Waals surface area contributed by atoms with Crippen LogP contribution >= 0.6 is 0 Å². The minimum absolute atomic E-state index is 0.0789. The number of ketones is 1. The van der Waals surface area contributed by atoms with E-state index in [1.165, 1.54) is 29.2 Å². The zero-order chi connectivity index (χ0) is 25.7. The second-order valence-corrected chi connectivity index (χ2v) is 8.16. The molecule has 1 aliphatic heterocycles. The Morgan fingerprint density at radius 2 is 1.75 bits per heavy atom. The molecule has 4 rings (SSSR count). The molecule has 36 heavy (non-hydrogen) atoms. The maximum atomic E-state index is 13.5. The Bertz CT molecular complexity index is 1300. The minimum atomic E-state index is -0.900. The van der Waals surface area contributed by atoms with Crippen molar-refractivity contribution in [3.05, 3.63) is 114 Å². The number of Topliss-reactive ketones (excluding diaryl/α,β-unsaturated/α-hetero) is 1. The van der Waals surface area contributed by atoms with Gasteiger partial charge in [-0.05, 0) is 54.4 Å². The van der Waals surface area contributed by atoms with Gasteiger partial charge in [-0.25, -0.2) is 4.39 Å². The van der Waals surface area contributed by atoms with E-state index in [2.05, 4.69) is 6.58 Å². The van der Waals surface area contributed by atoms with Gasteiger partial charge in [0.2, 0.25) is 0 Å². The van der Waals surface area contributed by atoms with Gasteiger partial charge in [-0.1, -0.05) is 49.1 Å². The van der Waals surface area contributed by atoms with Crippen molar-refractivity contribution >= 4 is 17.4 Å². The van der Waals surface area contributed by atoms with Crippen LogP contribution in [0.1, 0.15) is 29.7 Å². The fraction of sp³-hybridized carbons (Fsp3) is 0.172. The molecule has 1 amide bonds. The topological polar surface area (TPSA) is 76.1 Å². The van der Waals surface area contributed by atoms with Crippen LogP contribution in [0.3, 0.4) is 0 Å². The number of rotatable bonds is 9. The molecule has 0 aromatic heterocycles. The second kappa shape index (κ2) is 10.9. The summed E-state index contributed by atoms with van der Waals surface area (Å²) in [6, 6.07) is 18.6. The first-order valence-corrected chi connectivity index (χ1v) is 11.5. The van der Waals surface area contributed by atoms with Crippen LogP contribution in [-0.2, 0) is 16.1 Å². The molecule has 0 saturated carbocycles. The predicted molar refractivity (Wildman–Crippen MR) is 134 cm³/mol. The molecule has 184 valence electrons. The second-order valence-electron chi connectivity index (χ2n) is 8.16. The molecule has 1 saturated heterocycles. The van der Waals surface area contributed by atoms with E-state index in [1.807, 2.05) is 37.3 Å². The molecule has 3 aromatic rings. The molecule has 1 N–H and O–H groups in total. The van der Waals surface area contributed by atoms with Crippen LogP contribution in [0.5, 0.6) is 11.5 Å². The normalized spacial score (nSPS) is 16.7. The summed E-state index contributed by atoms with van der Waals surface area (Å²) in [5.74, 6) is -1.49. The number of benzene rings is 3. The van der Waals surface area contributed by atoms with Gasteiger partial charge < -0.3 is 19.5 Å². The first-order valence-electron chi connectivity index (χ1n) is 11.5. The monoisotopic (exact) mass is 487 g/mol. The van der Waals surface area contributed by atoms with Gasteiger partial charge in [-0.3, -0.25) is 9.59 Å². The third kappa shape index (κ3) is 5.00. The van der Waals surface area contributed by atoms with Crippen molar-refractivity contribution < 1.29 is 28.6 Å². The van der Waals surface area contributed by atoms with Crippen LogP contribution < -0.4 is 9.47 Å². The van der Waals surface area contributed by atoms with Crippen molar-refractivity contribution in [1.29, 1.82) is 0 Å². The molecule has 0 aliphatic carbocycles. The Labute approximate surface area is 208 Å².